The van der Waals surface area contributed by atoms with Crippen LogP contribution in [0.15, 0.2) is 30.5 Å². The van der Waals surface area contributed by atoms with Gasteiger partial charge in [-0.15, -0.1) is 0 Å². The number of aliphatic hydroxyl groups excluding tert-OH is 1. The molecular formula is C27H32ClN5O3. The second kappa shape index (κ2) is 9.32. The summed E-state index contributed by atoms with van der Waals surface area (Å²) in [5.41, 5.74) is 3.35. The summed E-state index contributed by atoms with van der Waals surface area (Å²) < 4.78 is 11.0. The Balaban J connectivity index is 1.13. The van der Waals surface area contributed by atoms with Crippen LogP contribution in [0.5, 0.6) is 11.6 Å². The molecule has 190 valence electrons. The molecule has 1 unspecified atom stereocenters. The maximum absolute atomic E-state index is 11.5. The van der Waals surface area contributed by atoms with Crippen molar-refractivity contribution in [2.75, 3.05) is 25.6 Å². The predicted octanol–water partition coefficient (Wildman–Crippen LogP) is 4.28. The zero-order chi connectivity index (χ0) is 24.8. The lowest BCUT2D eigenvalue weighted by molar-refractivity contribution is -0.0699. The number of pyridine rings is 3. The summed E-state index contributed by atoms with van der Waals surface area (Å²) in [5.74, 6) is 2.18. The summed E-state index contributed by atoms with van der Waals surface area (Å²) >= 11 is 6.56. The molecule has 3 saturated carbocycles. The molecule has 3 aromatic rings. The summed E-state index contributed by atoms with van der Waals surface area (Å²) in [6.45, 7) is 2.20. The van der Waals surface area contributed by atoms with E-state index in [4.69, 9.17) is 26.1 Å². The van der Waals surface area contributed by atoms with Gasteiger partial charge in [0.15, 0.2) is 11.6 Å². The first kappa shape index (κ1) is 23.7. The van der Waals surface area contributed by atoms with Crippen LogP contribution in [0.2, 0.25) is 5.02 Å². The molecule has 3 aliphatic carbocycles. The number of fused-ring (bicyclic) bond motifs is 5. The Kier molecular flexibility index (Phi) is 6.14. The number of nitrogens with one attached hydrogen (secondary N) is 2. The molecule has 7 rings (SSSR count). The minimum absolute atomic E-state index is 0.0907. The zero-order valence-corrected chi connectivity index (χ0v) is 21.3. The topological polar surface area (TPSA) is 101 Å². The molecule has 3 N–H and O–H groups in total. The lowest BCUT2D eigenvalue weighted by Crippen LogP contribution is -2.57. The van der Waals surface area contributed by atoms with Crippen molar-refractivity contribution < 1.29 is 14.6 Å². The average molecular weight is 510 g/mol. The molecule has 0 radical (unpaired) electrons. The van der Waals surface area contributed by atoms with Crippen LogP contribution in [0.3, 0.4) is 0 Å². The molecular weight excluding hydrogens is 478 g/mol. The highest BCUT2D eigenvalue weighted by molar-refractivity contribution is 6.32. The third-order valence-corrected chi connectivity index (χ3v) is 8.90. The van der Waals surface area contributed by atoms with Crippen molar-refractivity contribution in [1.82, 2.24) is 20.3 Å². The Labute approximate surface area is 215 Å². The number of hydrogen-bond donors (Lipinski definition) is 3. The monoisotopic (exact) mass is 509 g/mol. The highest BCUT2D eigenvalue weighted by Gasteiger charge is 2.51. The van der Waals surface area contributed by atoms with E-state index in [1.807, 2.05) is 18.2 Å². The van der Waals surface area contributed by atoms with E-state index in [0.29, 0.717) is 29.4 Å². The van der Waals surface area contributed by atoms with E-state index in [-0.39, 0.29) is 11.0 Å². The number of anilines is 1. The number of aliphatic hydroxyl groups is 1. The maximum atomic E-state index is 11.5. The fourth-order valence-corrected chi connectivity index (χ4v) is 6.43. The standard InChI is InChI=1S/C27H32ClN5O3/c1-35-23-5-3-20-24(33-23)18(19(28)16-30-20)14-22(34)26-6-9-27(10-7-26,11-8-26)31-15-17-2-4-21-25(32-17)29-12-13-36-21/h2-5,16,22,31,34H,6-15H2,1H3,(H,29,32). The van der Waals surface area contributed by atoms with E-state index < -0.39 is 6.10 Å². The van der Waals surface area contributed by atoms with E-state index in [1.165, 1.54) is 0 Å². The Hall–Kier alpha value is -2.68. The Morgan fingerprint density at radius 1 is 1.14 bits per heavy atom. The van der Waals surface area contributed by atoms with Gasteiger partial charge in [0, 0.05) is 36.3 Å². The van der Waals surface area contributed by atoms with Crippen molar-refractivity contribution in [2.24, 2.45) is 5.41 Å². The zero-order valence-electron chi connectivity index (χ0n) is 20.5. The summed E-state index contributed by atoms with van der Waals surface area (Å²) in [7, 11) is 1.59. The van der Waals surface area contributed by atoms with Crippen molar-refractivity contribution in [3.63, 3.8) is 0 Å². The first-order chi connectivity index (χ1) is 17.5. The van der Waals surface area contributed by atoms with Crippen molar-refractivity contribution in [1.29, 1.82) is 0 Å². The molecule has 1 aliphatic heterocycles. The first-order valence-corrected chi connectivity index (χ1v) is 13.1. The minimum Gasteiger partial charge on any atom is -0.488 e. The van der Waals surface area contributed by atoms with Crippen LogP contribution < -0.4 is 20.1 Å². The second-order valence-electron chi connectivity index (χ2n) is 10.4. The predicted molar refractivity (Wildman–Crippen MR) is 139 cm³/mol. The van der Waals surface area contributed by atoms with E-state index in [2.05, 4.69) is 20.6 Å². The van der Waals surface area contributed by atoms with Gasteiger partial charge in [-0.25, -0.2) is 9.97 Å². The van der Waals surface area contributed by atoms with Crippen LogP contribution in [-0.2, 0) is 13.0 Å². The summed E-state index contributed by atoms with van der Waals surface area (Å²) in [4.78, 5) is 13.7. The van der Waals surface area contributed by atoms with Gasteiger partial charge in [0.2, 0.25) is 5.88 Å². The molecule has 0 saturated heterocycles. The number of methoxy groups -OCH3 is 1. The molecule has 2 bridgehead atoms. The first-order valence-electron chi connectivity index (χ1n) is 12.8. The largest absolute Gasteiger partial charge is 0.488 e. The highest BCUT2D eigenvalue weighted by atomic mass is 35.5. The Morgan fingerprint density at radius 3 is 2.72 bits per heavy atom. The third-order valence-electron chi connectivity index (χ3n) is 8.57. The van der Waals surface area contributed by atoms with Gasteiger partial charge in [0.25, 0.3) is 0 Å². The fraction of sp³-hybridized carbons (Fsp3) is 0.519. The molecule has 0 amide bonds. The van der Waals surface area contributed by atoms with E-state index in [1.54, 1.807) is 19.4 Å². The summed E-state index contributed by atoms with van der Waals surface area (Å²) in [5, 5.41) is 19.2. The van der Waals surface area contributed by atoms with Crippen LogP contribution in [0.1, 0.15) is 49.8 Å². The fourth-order valence-electron chi connectivity index (χ4n) is 6.21. The molecule has 3 fully saturated rings. The molecule has 0 spiro atoms. The number of nitrogens with zero attached hydrogens (tertiary/aromatic N) is 3. The van der Waals surface area contributed by atoms with Crippen molar-refractivity contribution in [3.05, 3.63) is 46.7 Å². The van der Waals surface area contributed by atoms with Crippen LogP contribution in [0.25, 0.3) is 11.0 Å². The lowest BCUT2D eigenvalue weighted by atomic mass is 9.54. The Bertz CT molecular complexity index is 1260. The molecule has 3 aromatic heterocycles. The molecule has 0 aromatic carbocycles. The molecule has 36 heavy (non-hydrogen) atoms. The van der Waals surface area contributed by atoms with Gasteiger partial charge in [-0.3, -0.25) is 4.98 Å². The Morgan fingerprint density at radius 2 is 1.94 bits per heavy atom. The smallest absolute Gasteiger partial charge is 0.213 e. The van der Waals surface area contributed by atoms with Crippen LogP contribution >= 0.6 is 11.6 Å². The molecule has 1 atom stereocenters. The van der Waals surface area contributed by atoms with Crippen LogP contribution in [0, 0.1) is 5.41 Å². The highest BCUT2D eigenvalue weighted by Crippen LogP contribution is 2.55. The quantitative estimate of drug-likeness (QED) is 0.434. The van der Waals surface area contributed by atoms with Crippen LogP contribution in [0.4, 0.5) is 5.82 Å². The van der Waals surface area contributed by atoms with Gasteiger partial charge >= 0.3 is 0 Å². The normalized spacial score (nSPS) is 25.6. The van der Waals surface area contributed by atoms with E-state index in [9.17, 15) is 5.11 Å². The second-order valence-corrected chi connectivity index (χ2v) is 10.9. The van der Waals surface area contributed by atoms with E-state index in [0.717, 1.165) is 80.0 Å². The summed E-state index contributed by atoms with van der Waals surface area (Å²) in [6.07, 6.45) is 7.76. The molecule has 9 heteroatoms. The number of hydrogen-bond acceptors (Lipinski definition) is 8. The van der Waals surface area contributed by atoms with E-state index >= 15 is 0 Å². The van der Waals surface area contributed by atoms with Gasteiger partial charge < -0.3 is 25.2 Å². The van der Waals surface area contributed by atoms with Gasteiger partial charge in [-0.05, 0) is 62.1 Å². The maximum Gasteiger partial charge on any atom is 0.213 e. The number of halogens is 1. The van der Waals surface area contributed by atoms with Crippen molar-refractivity contribution in [3.8, 4) is 11.6 Å². The number of rotatable bonds is 7. The van der Waals surface area contributed by atoms with Gasteiger partial charge in [0.1, 0.15) is 6.61 Å². The molecule has 8 nitrogen and oxygen atoms in total. The molecule has 4 heterocycles. The number of aromatic nitrogens is 3. The summed E-state index contributed by atoms with van der Waals surface area (Å²) in [6, 6.07) is 7.72. The van der Waals surface area contributed by atoms with Gasteiger partial charge in [-0.1, -0.05) is 11.6 Å². The van der Waals surface area contributed by atoms with Gasteiger partial charge in [0.05, 0.1) is 41.5 Å². The van der Waals surface area contributed by atoms with Gasteiger partial charge in [-0.2, -0.15) is 0 Å². The van der Waals surface area contributed by atoms with Crippen molar-refractivity contribution >= 4 is 28.5 Å². The average Bonchev–Trinajstić information content (AvgIpc) is 2.94. The number of ether oxygens (including phenoxy) is 2. The minimum atomic E-state index is -0.486. The van der Waals surface area contributed by atoms with Crippen molar-refractivity contribution in [2.45, 2.75) is 63.1 Å². The lowest BCUT2D eigenvalue weighted by Gasteiger charge is -2.55. The third kappa shape index (κ3) is 4.25. The SMILES string of the molecule is COc1ccc2ncc(Cl)c(CC(O)C34CCC(NCc5ccc6c(n5)NCCO6)(CC3)CC4)c2n1. The van der Waals surface area contributed by atoms with Crippen LogP contribution in [-0.4, -0.2) is 52.0 Å². The molecule has 4 aliphatic rings.